The van der Waals surface area contributed by atoms with Crippen molar-refractivity contribution >= 4 is 0 Å². The van der Waals surface area contributed by atoms with Crippen LogP contribution in [0.3, 0.4) is 0 Å². The van der Waals surface area contributed by atoms with Crippen LogP contribution >= 0.6 is 0 Å². The molecule has 2 aromatic carbocycles. The van der Waals surface area contributed by atoms with E-state index in [1.54, 1.807) is 7.11 Å². The smallest absolute Gasteiger partial charge is 0.123 e. The minimum absolute atomic E-state index is 0.0505. The molecule has 5 heteroatoms. The van der Waals surface area contributed by atoms with Crippen LogP contribution in [-0.4, -0.2) is 48.6 Å². The van der Waals surface area contributed by atoms with Crippen LogP contribution in [0.4, 0.5) is 4.39 Å². The third-order valence-corrected chi connectivity index (χ3v) is 6.75. The van der Waals surface area contributed by atoms with E-state index >= 15 is 0 Å². The van der Waals surface area contributed by atoms with Crippen LogP contribution in [0.15, 0.2) is 36.4 Å². The second-order valence-corrected chi connectivity index (χ2v) is 8.18. The molecular weight excluding hydrogens is 355 g/mol. The third kappa shape index (κ3) is 3.26. The van der Waals surface area contributed by atoms with Crippen molar-refractivity contribution in [2.24, 2.45) is 0 Å². The molecule has 0 saturated carbocycles. The maximum Gasteiger partial charge on any atom is 0.123 e. The lowest BCUT2D eigenvalue weighted by Crippen LogP contribution is -2.55. The van der Waals surface area contributed by atoms with Gasteiger partial charge >= 0.3 is 0 Å². The standard InChI is InChI=1S/C23H29FN2O2/c1-15-4-9-19(17-5-7-18(24)8-6-17)16(2)21(15)20-14-25-23(22(20)27)10-12-26(28-3)13-11-23/h4-9,20,22,25,27H,10-14H2,1-3H3. The van der Waals surface area contributed by atoms with Crippen LogP contribution in [0.1, 0.15) is 35.4 Å². The number of aliphatic hydroxyl groups excluding tert-OH is 1. The maximum absolute atomic E-state index is 13.3. The van der Waals surface area contributed by atoms with Crippen molar-refractivity contribution in [3.8, 4) is 11.1 Å². The lowest BCUT2D eigenvalue weighted by Gasteiger charge is -2.41. The van der Waals surface area contributed by atoms with Crippen molar-refractivity contribution in [1.82, 2.24) is 10.4 Å². The Balaban J connectivity index is 1.66. The quantitative estimate of drug-likeness (QED) is 0.850. The van der Waals surface area contributed by atoms with E-state index in [0.717, 1.165) is 43.6 Å². The summed E-state index contributed by atoms with van der Waals surface area (Å²) in [5, 5.41) is 17.0. The van der Waals surface area contributed by atoms with E-state index in [4.69, 9.17) is 4.84 Å². The number of hydrogen-bond donors (Lipinski definition) is 2. The highest BCUT2D eigenvalue weighted by atomic mass is 19.1. The molecule has 2 N–H and O–H groups in total. The number of nitrogens with zero attached hydrogens (tertiary/aromatic N) is 1. The minimum atomic E-state index is -0.438. The highest BCUT2D eigenvalue weighted by Gasteiger charge is 2.50. The van der Waals surface area contributed by atoms with Gasteiger partial charge in [-0.15, -0.1) is 0 Å². The molecule has 2 fully saturated rings. The van der Waals surface area contributed by atoms with Crippen LogP contribution in [0.5, 0.6) is 0 Å². The number of hydroxylamine groups is 2. The molecule has 2 unspecified atom stereocenters. The summed E-state index contributed by atoms with van der Waals surface area (Å²) >= 11 is 0. The van der Waals surface area contributed by atoms with Gasteiger partial charge in [-0.2, -0.15) is 5.06 Å². The largest absolute Gasteiger partial charge is 0.391 e. The Morgan fingerprint density at radius 3 is 2.43 bits per heavy atom. The van der Waals surface area contributed by atoms with Crippen LogP contribution in [0.25, 0.3) is 11.1 Å². The molecule has 2 heterocycles. The first kappa shape index (κ1) is 19.5. The van der Waals surface area contributed by atoms with E-state index in [9.17, 15) is 9.50 Å². The van der Waals surface area contributed by atoms with E-state index in [-0.39, 0.29) is 17.3 Å². The summed E-state index contributed by atoms with van der Waals surface area (Å²) in [6, 6.07) is 10.9. The monoisotopic (exact) mass is 384 g/mol. The van der Waals surface area contributed by atoms with Gasteiger partial charge < -0.3 is 15.3 Å². The summed E-state index contributed by atoms with van der Waals surface area (Å²) in [5.74, 6) is -0.178. The number of rotatable bonds is 3. The Bertz CT molecular complexity index is 844. The molecule has 2 saturated heterocycles. The van der Waals surface area contributed by atoms with Gasteiger partial charge in [0.25, 0.3) is 0 Å². The van der Waals surface area contributed by atoms with Gasteiger partial charge in [-0.1, -0.05) is 24.3 Å². The van der Waals surface area contributed by atoms with E-state index < -0.39 is 6.10 Å². The summed E-state index contributed by atoms with van der Waals surface area (Å²) in [6.45, 7) is 6.64. The number of hydrogen-bond acceptors (Lipinski definition) is 4. The topological polar surface area (TPSA) is 44.7 Å². The van der Waals surface area contributed by atoms with Crippen LogP contribution in [-0.2, 0) is 4.84 Å². The predicted molar refractivity (Wildman–Crippen MR) is 109 cm³/mol. The third-order valence-electron chi connectivity index (χ3n) is 6.75. The lowest BCUT2D eigenvalue weighted by molar-refractivity contribution is -0.157. The minimum Gasteiger partial charge on any atom is -0.391 e. The average molecular weight is 384 g/mol. The number of benzene rings is 2. The molecule has 2 aromatic rings. The molecule has 2 aliphatic heterocycles. The molecule has 0 radical (unpaired) electrons. The van der Waals surface area contributed by atoms with E-state index in [2.05, 4.69) is 31.3 Å². The molecule has 0 amide bonds. The summed E-state index contributed by atoms with van der Waals surface area (Å²) in [5.41, 5.74) is 5.44. The number of nitrogens with one attached hydrogen (secondary N) is 1. The summed E-state index contributed by atoms with van der Waals surface area (Å²) in [6.07, 6.45) is 1.30. The van der Waals surface area contributed by atoms with E-state index in [1.807, 2.05) is 17.2 Å². The SMILES string of the molecule is CON1CCC2(CC1)NCC(c1c(C)ccc(-c3ccc(F)cc3)c1C)C2O. The van der Waals surface area contributed by atoms with Crippen LogP contribution < -0.4 is 5.32 Å². The predicted octanol–water partition coefficient (Wildman–Crippen LogP) is 3.55. The fourth-order valence-corrected chi connectivity index (χ4v) is 5.09. The average Bonchev–Trinajstić information content (AvgIpc) is 3.00. The van der Waals surface area contributed by atoms with Crippen molar-refractivity contribution in [2.45, 2.75) is 44.2 Å². The molecule has 0 bridgehead atoms. The zero-order chi connectivity index (χ0) is 19.9. The molecular formula is C23H29FN2O2. The first-order valence-electron chi connectivity index (χ1n) is 10.0. The van der Waals surface area contributed by atoms with Gasteiger partial charge in [0.2, 0.25) is 0 Å². The van der Waals surface area contributed by atoms with Gasteiger partial charge in [0, 0.05) is 31.1 Å². The molecule has 2 aliphatic rings. The summed E-state index contributed by atoms with van der Waals surface area (Å²) in [7, 11) is 1.70. The first-order valence-corrected chi connectivity index (χ1v) is 10.0. The number of aliphatic hydroxyl groups is 1. The first-order chi connectivity index (χ1) is 13.4. The Morgan fingerprint density at radius 2 is 1.79 bits per heavy atom. The van der Waals surface area contributed by atoms with Gasteiger partial charge in [0.15, 0.2) is 0 Å². The Labute approximate surface area is 166 Å². The van der Waals surface area contributed by atoms with Gasteiger partial charge in [-0.05, 0) is 66.6 Å². The van der Waals surface area contributed by atoms with Crippen LogP contribution in [0, 0.1) is 19.7 Å². The van der Waals surface area contributed by atoms with Crippen molar-refractivity contribution in [1.29, 1.82) is 0 Å². The van der Waals surface area contributed by atoms with Crippen molar-refractivity contribution in [3.63, 3.8) is 0 Å². The molecule has 0 aromatic heterocycles. The van der Waals surface area contributed by atoms with Crippen LogP contribution in [0.2, 0.25) is 0 Å². The van der Waals surface area contributed by atoms with Crippen molar-refractivity contribution in [2.75, 3.05) is 26.7 Å². The van der Waals surface area contributed by atoms with E-state index in [1.165, 1.54) is 28.8 Å². The Morgan fingerprint density at radius 1 is 1.11 bits per heavy atom. The molecule has 2 atom stereocenters. The van der Waals surface area contributed by atoms with Crippen molar-refractivity contribution in [3.05, 3.63) is 58.9 Å². The lowest BCUT2D eigenvalue weighted by atomic mass is 9.77. The number of halogens is 1. The van der Waals surface area contributed by atoms with E-state index in [0.29, 0.717) is 0 Å². The molecule has 4 rings (SSSR count). The maximum atomic E-state index is 13.3. The van der Waals surface area contributed by atoms with Gasteiger partial charge in [-0.25, -0.2) is 4.39 Å². The Hall–Kier alpha value is -1.79. The van der Waals surface area contributed by atoms with Gasteiger partial charge in [0.05, 0.1) is 13.2 Å². The molecule has 4 nitrogen and oxygen atoms in total. The summed E-state index contributed by atoms with van der Waals surface area (Å²) in [4.78, 5) is 5.35. The second-order valence-electron chi connectivity index (χ2n) is 8.18. The number of aryl methyl sites for hydroxylation is 1. The number of piperidine rings is 1. The van der Waals surface area contributed by atoms with Gasteiger partial charge in [-0.3, -0.25) is 0 Å². The zero-order valence-corrected chi connectivity index (χ0v) is 16.8. The van der Waals surface area contributed by atoms with Gasteiger partial charge in [0.1, 0.15) is 5.82 Å². The highest BCUT2D eigenvalue weighted by molar-refractivity contribution is 5.70. The molecule has 0 aliphatic carbocycles. The summed E-state index contributed by atoms with van der Waals surface area (Å²) < 4.78 is 13.3. The fraction of sp³-hybridized carbons (Fsp3) is 0.478. The second kappa shape index (κ2) is 7.56. The fourth-order valence-electron chi connectivity index (χ4n) is 5.09. The van der Waals surface area contributed by atoms with Crippen molar-refractivity contribution < 1.29 is 14.3 Å². The Kier molecular flexibility index (Phi) is 5.27. The molecule has 1 spiro atoms. The zero-order valence-electron chi connectivity index (χ0n) is 16.8. The highest BCUT2D eigenvalue weighted by Crippen LogP contribution is 2.42. The molecule has 150 valence electrons. The normalized spacial score (nSPS) is 24.8. The molecule has 28 heavy (non-hydrogen) atoms.